The minimum Gasteiger partial charge on any atom is -0.473 e. The highest BCUT2D eigenvalue weighted by Crippen LogP contribution is 2.59. The number of fused-ring (bicyclic) bond motifs is 2. The van der Waals surface area contributed by atoms with Gasteiger partial charge in [-0.15, -0.1) is 16.4 Å². The summed E-state index contributed by atoms with van der Waals surface area (Å²) >= 11 is 1.64. The van der Waals surface area contributed by atoms with Crippen LogP contribution in [0.1, 0.15) is 40.4 Å². The van der Waals surface area contributed by atoms with Gasteiger partial charge < -0.3 is 9.30 Å². The second-order valence-corrected chi connectivity index (χ2v) is 12.6. The van der Waals surface area contributed by atoms with E-state index in [0.29, 0.717) is 29.7 Å². The minimum absolute atomic E-state index is 0.0400. The van der Waals surface area contributed by atoms with Crippen molar-refractivity contribution in [2.75, 3.05) is 13.1 Å². The predicted octanol–water partition coefficient (Wildman–Crippen LogP) is 4.87. The number of imidazole rings is 1. The molecule has 8 rings (SSSR count). The molecule has 6 aromatic rings. The average molecular weight is 619 g/mol. The maximum Gasteiger partial charge on any atom is 0.213 e. The summed E-state index contributed by atoms with van der Waals surface area (Å²) < 4.78 is 22.5. The quantitative estimate of drug-likeness (QED) is 0.241. The molecule has 2 aliphatic rings. The van der Waals surface area contributed by atoms with Crippen molar-refractivity contribution in [1.29, 1.82) is 5.26 Å². The Morgan fingerprint density at radius 3 is 2.89 bits per heavy atom. The summed E-state index contributed by atoms with van der Waals surface area (Å²) in [5.41, 5.74) is 6.49. The van der Waals surface area contributed by atoms with Gasteiger partial charge in [0.15, 0.2) is 5.82 Å². The summed E-state index contributed by atoms with van der Waals surface area (Å²) in [6, 6.07) is 18.3. The smallest absolute Gasteiger partial charge is 0.213 e. The van der Waals surface area contributed by atoms with E-state index in [1.807, 2.05) is 42.0 Å². The van der Waals surface area contributed by atoms with Gasteiger partial charge >= 0.3 is 0 Å². The molecule has 0 radical (unpaired) electrons. The van der Waals surface area contributed by atoms with Gasteiger partial charge in [-0.05, 0) is 72.1 Å². The number of halogens is 1. The molecule has 0 spiro atoms. The molecular weight excluding hydrogens is 591 g/mol. The monoisotopic (exact) mass is 618 g/mol. The number of ether oxygens (including phenoxy) is 1. The lowest BCUT2D eigenvalue weighted by Crippen LogP contribution is -2.37. The standard InChI is InChI=1S/C32H27FN10OS/c33-25-10-20(13-34)4-5-22(25)18-44-30-3-1-2-28(37-30)32-8-9-42(15-23(32)12-32)17-29-36-26-7-6-21(31-38-40-41-39-31)11-27(26)43(29)16-24-14-35-19-45-24/h1-7,10-11,14,19,23H,8-9,12,15-18H2,(H,38,39,40,41). The van der Waals surface area contributed by atoms with E-state index in [2.05, 4.69) is 47.2 Å². The minimum atomic E-state index is -0.452. The van der Waals surface area contributed by atoms with E-state index in [4.69, 9.17) is 20.0 Å². The second-order valence-electron chi connectivity index (χ2n) is 11.6. The summed E-state index contributed by atoms with van der Waals surface area (Å²) in [6.45, 7) is 3.38. The van der Waals surface area contributed by atoms with Crippen molar-refractivity contribution in [2.24, 2.45) is 5.92 Å². The summed E-state index contributed by atoms with van der Waals surface area (Å²) in [7, 11) is 0. The molecule has 1 aliphatic carbocycles. The number of nitrogens with zero attached hydrogens (tertiary/aromatic N) is 9. The van der Waals surface area contributed by atoms with E-state index in [-0.39, 0.29) is 17.6 Å². The predicted molar refractivity (Wildman–Crippen MR) is 163 cm³/mol. The number of nitriles is 1. The molecule has 224 valence electrons. The third-order valence-corrected chi connectivity index (χ3v) is 9.75. The van der Waals surface area contributed by atoms with Gasteiger partial charge in [-0.3, -0.25) is 9.88 Å². The zero-order valence-corrected chi connectivity index (χ0v) is 24.9. The highest BCUT2D eigenvalue weighted by atomic mass is 32.1. The molecule has 0 bridgehead atoms. The Morgan fingerprint density at radius 2 is 2.09 bits per heavy atom. The number of rotatable bonds is 9. The Bertz CT molecular complexity index is 2040. The van der Waals surface area contributed by atoms with Crippen molar-refractivity contribution >= 4 is 22.4 Å². The van der Waals surface area contributed by atoms with Crippen LogP contribution >= 0.6 is 11.3 Å². The molecular formula is C32H27FN10OS. The number of aromatic amines is 1. The Kier molecular flexibility index (Phi) is 6.80. The van der Waals surface area contributed by atoms with Crippen molar-refractivity contribution < 1.29 is 9.13 Å². The highest BCUT2D eigenvalue weighted by molar-refractivity contribution is 7.09. The zero-order valence-electron chi connectivity index (χ0n) is 24.1. The van der Waals surface area contributed by atoms with Crippen LogP contribution in [0.3, 0.4) is 0 Å². The van der Waals surface area contributed by atoms with E-state index in [1.54, 1.807) is 23.5 Å². The molecule has 1 saturated carbocycles. The molecule has 45 heavy (non-hydrogen) atoms. The van der Waals surface area contributed by atoms with E-state index < -0.39 is 5.82 Å². The molecule has 2 aromatic carbocycles. The van der Waals surface area contributed by atoms with Crippen LogP contribution < -0.4 is 4.74 Å². The first kappa shape index (κ1) is 27.5. The number of hydrogen-bond acceptors (Lipinski definition) is 10. The van der Waals surface area contributed by atoms with E-state index in [9.17, 15) is 4.39 Å². The van der Waals surface area contributed by atoms with Gasteiger partial charge in [0.05, 0.1) is 47.0 Å². The van der Waals surface area contributed by atoms with E-state index in [0.717, 1.165) is 65.5 Å². The van der Waals surface area contributed by atoms with Gasteiger partial charge in [-0.2, -0.15) is 5.26 Å². The summed E-state index contributed by atoms with van der Waals surface area (Å²) in [4.78, 5) is 17.9. The van der Waals surface area contributed by atoms with Crippen LogP contribution in [-0.4, -0.2) is 58.1 Å². The SMILES string of the molecule is N#Cc1ccc(COc2cccc(C34CCN(Cc5nc6ccc(-c7nnn[nH]7)cc6n5Cc5cncs5)CC3C4)n2)c(F)c1. The van der Waals surface area contributed by atoms with E-state index in [1.165, 1.54) is 6.07 Å². The molecule has 0 amide bonds. The molecule has 13 heteroatoms. The lowest BCUT2D eigenvalue weighted by atomic mass is 9.91. The van der Waals surface area contributed by atoms with Gasteiger partial charge in [-0.25, -0.2) is 19.5 Å². The van der Waals surface area contributed by atoms with Crippen LogP contribution in [-0.2, 0) is 25.1 Å². The molecule has 5 heterocycles. The van der Waals surface area contributed by atoms with Crippen LogP contribution in [0, 0.1) is 23.1 Å². The number of piperidine rings is 1. The van der Waals surface area contributed by atoms with Crippen molar-refractivity contribution in [3.8, 4) is 23.3 Å². The number of likely N-dealkylation sites (tertiary alicyclic amines) is 1. The summed E-state index contributed by atoms with van der Waals surface area (Å²) in [5, 5.41) is 23.4. The van der Waals surface area contributed by atoms with Crippen LogP contribution in [0.4, 0.5) is 4.39 Å². The number of aromatic nitrogens is 8. The first-order valence-electron chi connectivity index (χ1n) is 14.7. The topological polar surface area (TPSA) is 134 Å². The van der Waals surface area contributed by atoms with Crippen LogP contribution in [0.15, 0.2) is 66.3 Å². The third kappa shape index (κ3) is 5.22. The lowest BCUT2D eigenvalue weighted by Gasteiger charge is -2.31. The molecule has 2 unspecified atom stereocenters. The maximum absolute atomic E-state index is 14.4. The van der Waals surface area contributed by atoms with Gasteiger partial charge in [0, 0.05) is 40.2 Å². The van der Waals surface area contributed by atoms with E-state index >= 15 is 0 Å². The number of H-pyrrole nitrogens is 1. The Balaban J connectivity index is 0.982. The Morgan fingerprint density at radius 1 is 1.13 bits per heavy atom. The zero-order chi connectivity index (χ0) is 30.4. The lowest BCUT2D eigenvalue weighted by molar-refractivity contribution is 0.191. The first-order chi connectivity index (χ1) is 22.1. The van der Waals surface area contributed by atoms with Crippen LogP contribution in [0.5, 0.6) is 5.88 Å². The number of pyridine rings is 1. The van der Waals surface area contributed by atoms with Crippen molar-refractivity contribution in [3.05, 3.63) is 99.6 Å². The normalized spacial score (nSPS) is 19.3. The molecule has 4 aromatic heterocycles. The van der Waals surface area contributed by atoms with Gasteiger partial charge in [0.2, 0.25) is 5.88 Å². The molecule has 11 nitrogen and oxygen atoms in total. The number of tetrazole rings is 1. The summed E-state index contributed by atoms with van der Waals surface area (Å²) in [5.74, 6) is 2.16. The van der Waals surface area contributed by atoms with Gasteiger partial charge in [0.25, 0.3) is 0 Å². The second kappa shape index (κ2) is 11.1. The number of hydrogen-bond donors (Lipinski definition) is 1. The molecule has 1 N–H and O–H groups in total. The maximum atomic E-state index is 14.4. The van der Waals surface area contributed by atoms with Gasteiger partial charge in [-0.1, -0.05) is 12.1 Å². The third-order valence-electron chi connectivity index (χ3n) is 8.98. The fourth-order valence-corrected chi connectivity index (χ4v) is 7.09. The summed E-state index contributed by atoms with van der Waals surface area (Å²) in [6.07, 6.45) is 3.99. The molecule has 2 atom stereocenters. The fourth-order valence-electron chi connectivity index (χ4n) is 6.50. The number of thiazole rings is 1. The molecule has 1 saturated heterocycles. The average Bonchev–Trinajstić information content (AvgIpc) is 3.47. The van der Waals surface area contributed by atoms with Crippen LogP contribution in [0.2, 0.25) is 0 Å². The Hall–Kier alpha value is -5.06. The van der Waals surface area contributed by atoms with Crippen molar-refractivity contribution in [2.45, 2.75) is 38.0 Å². The molecule has 2 fully saturated rings. The van der Waals surface area contributed by atoms with Crippen molar-refractivity contribution in [3.63, 3.8) is 0 Å². The van der Waals surface area contributed by atoms with Crippen molar-refractivity contribution in [1.82, 2.24) is 45.0 Å². The Labute approximate surface area is 261 Å². The number of benzene rings is 2. The fraction of sp³-hybridized carbons (Fsp3) is 0.281. The van der Waals surface area contributed by atoms with Gasteiger partial charge in [0.1, 0.15) is 18.2 Å². The first-order valence-corrected chi connectivity index (χ1v) is 15.6. The number of nitrogens with one attached hydrogen (secondary N) is 1. The molecule has 1 aliphatic heterocycles. The largest absolute Gasteiger partial charge is 0.473 e. The highest BCUT2D eigenvalue weighted by Gasteiger charge is 2.58. The van der Waals surface area contributed by atoms with Crippen LogP contribution in [0.25, 0.3) is 22.4 Å².